The van der Waals surface area contributed by atoms with Crippen LogP contribution in [0.4, 0.5) is 0 Å². The van der Waals surface area contributed by atoms with Crippen LogP contribution in [-0.2, 0) is 9.47 Å². The van der Waals surface area contributed by atoms with E-state index in [1.54, 1.807) is 0 Å². The summed E-state index contributed by atoms with van der Waals surface area (Å²) in [4.78, 5) is 0. The molecule has 0 spiro atoms. The second-order valence-corrected chi connectivity index (χ2v) is 3.46. The molecule has 0 N–H and O–H groups in total. The quantitative estimate of drug-likeness (QED) is 0.666. The molecule has 0 fully saturated rings. The SMILES string of the molecule is CCOC(COc1ccc(C)cc1)OCC. The number of rotatable bonds is 7. The van der Waals surface area contributed by atoms with Crippen molar-refractivity contribution in [2.75, 3.05) is 19.8 Å². The molecule has 0 amide bonds. The van der Waals surface area contributed by atoms with E-state index in [9.17, 15) is 0 Å². The van der Waals surface area contributed by atoms with E-state index in [1.165, 1.54) is 5.56 Å². The van der Waals surface area contributed by atoms with Gasteiger partial charge in [0.25, 0.3) is 0 Å². The fourth-order valence-corrected chi connectivity index (χ4v) is 1.31. The van der Waals surface area contributed by atoms with Crippen molar-refractivity contribution >= 4 is 0 Å². The number of aryl methyl sites for hydroxylation is 1. The van der Waals surface area contributed by atoms with Gasteiger partial charge < -0.3 is 14.2 Å². The minimum Gasteiger partial charge on any atom is -0.488 e. The summed E-state index contributed by atoms with van der Waals surface area (Å²) in [5, 5.41) is 0. The maximum Gasteiger partial charge on any atom is 0.191 e. The lowest BCUT2D eigenvalue weighted by Crippen LogP contribution is -2.25. The Kier molecular flexibility index (Phi) is 5.90. The van der Waals surface area contributed by atoms with Crippen LogP contribution in [0.5, 0.6) is 5.75 Å². The predicted octanol–water partition coefficient (Wildman–Crippen LogP) is 2.77. The van der Waals surface area contributed by atoms with Gasteiger partial charge in [0.1, 0.15) is 12.4 Å². The van der Waals surface area contributed by atoms with Gasteiger partial charge in [-0.1, -0.05) is 17.7 Å². The van der Waals surface area contributed by atoms with Gasteiger partial charge in [-0.15, -0.1) is 0 Å². The van der Waals surface area contributed by atoms with Crippen LogP contribution >= 0.6 is 0 Å². The highest BCUT2D eigenvalue weighted by Crippen LogP contribution is 2.12. The van der Waals surface area contributed by atoms with Gasteiger partial charge in [-0.3, -0.25) is 0 Å². The van der Waals surface area contributed by atoms with Crippen LogP contribution in [0.2, 0.25) is 0 Å². The van der Waals surface area contributed by atoms with Crippen molar-refractivity contribution < 1.29 is 14.2 Å². The van der Waals surface area contributed by atoms with Gasteiger partial charge in [0, 0.05) is 13.2 Å². The molecule has 0 saturated carbocycles. The Balaban J connectivity index is 2.38. The summed E-state index contributed by atoms with van der Waals surface area (Å²) in [5.74, 6) is 0.843. The molecule has 0 aliphatic heterocycles. The Morgan fingerprint density at radius 2 is 1.56 bits per heavy atom. The topological polar surface area (TPSA) is 27.7 Å². The highest BCUT2D eigenvalue weighted by molar-refractivity contribution is 5.26. The minimum absolute atomic E-state index is 0.281. The molecule has 16 heavy (non-hydrogen) atoms. The summed E-state index contributed by atoms with van der Waals surface area (Å²) >= 11 is 0. The molecule has 0 unspecified atom stereocenters. The van der Waals surface area contributed by atoms with Crippen LogP contribution in [0.3, 0.4) is 0 Å². The molecule has 0 atom stereocenters. The Hall–Kier alpha value is -1.06. The van der Waals surface area contributed by atoms with Gasteiger partial charge in [0.05, 0.1) is 0 Å². The third-order valence-electron chi connectivity index (χ3n) is 2.11. The largest absolute Gasteiger partial charge is 0.488 e. The molecule has 0 heterocycles. The summed E-state index contributed by atoms with van der Waals surface area (Å²) in [6, 6.07) is 7.94. The molecule has 0 saturated heterocycles. The zero-order chi connectivity index (χ0) is 11.8. The molecular weight excluding hydrogens is 204 g/mol. The van der Waals surface area contributed by atoms with E-state index in [-0.39, 0.29) is 6.29 Å². The molecule has 0 aliphatic rings. The predicted molar refractivity (Wildman–Crippen MR) is 63.7 cm³/mol. The zero-order valence-corrected chi connectivity index (χ0v) is 10.2. The normalized spacial score (nSPS) is 10.8. The van der Waals surface area contributed by atoms with Gasteiger partial charge in [-0.25, -0.2) is 0 Å². The summed E-state index contributed by atoms with van der Waals surface area (Å²) < 4.78 is 16.3. The second kappa shape index (κ2) is 7.25. The molecule has 0 bridgehead atoms. The smallest absolute Gasteiger partial charge is 0.191 e. The summed E-state index contributed by atoms with van der Waals surface area (Å²) in [6.07, 6.45) is -0.281. The van der Waals surface area contributed by atoms with E-state index in [4.69, 9.17) is 14.2 Å². The third kappa shape index (κ3) is 4.64. The van der Waals surface area contributed by atoms with E-state index in [0.29, 0.717) is 19.8 Å². The maximum atomic E-state index is 5.58. The molecule has 1 rings (SSSR count). The van der Waals surface area contributed by atoms with Crippen LogP contribution in [0.1, 0.15) is 19.4 Å². The molecule has 3 heteroatoms. The molecule has 1 aromatic carbocycles. The number of ether oxygens (including phenoxy) is 3. The third-order valence-corrected chi connectivity index (χ3v) is 2.11. The van der Waals surface area contributed by atoms with Gasteiger partial charge in [-0.2, -0.15) is 0 Å². The van der Waals surface area contributed by atoms with Crippen LogP contribution in [0.25, 0.3) is 0 Å². The Morgan fingerprint density at radius 3 is 2.06 bits per heavy atom. The molecule has 0 radical (unpaired) electrons. The number of benzene rings is 1. The lowest BCUT2D eigenvalue weighted by molar-refractivity contribution is -0.152. The molecule has 0 aromatic heterocycles. The van der Waals surface area contributed by atoms with E-state index < -0.39 is 0 Å². The average Bonchev–Trinajstić information content (AvgIpc) is 2.29. The van der Waals surface area contributed by atoms with E-state index in [0.717, 1.165) is 5.75 Å². The van der Waals surface area contributed by atoms with E-state index in [2.05, 4.69) is 0 Å². The van der Waals surface area contributed by atoms with Gasteiger partial charge in [-0.05, 0) is 32.9 Å². The number of hydrogen-bond acceptors (Lipinski definition) is 3. The van der Waals surface area contributed by atoms with Crippen LogP contribution in [0, 0.1) is 6.92 Å². The van der Waals surface area contributed by atoms with Crippen molar-refractivity contribution in [1.82, 2.24) is 0 Å². The second-order valence-electron chi connectivity index (χ2n) is 3.46. The zero-order valence-electron chi connectivity index (χ0n) is 10.2. The lowest BCUT2D eigenvalue weighted by Gasteiger charge is -2.17. The highest BCUT2D eigenvalue weighted by atomic mass is 16.7. The van der Waals surface area contributed by atoms with E-state index in [1.807, 2.05) is 45.0 Å². The standard InChI is InChI=1S/C13H20O3/c1-4-14-13(15-5-2)10-16-12-8-6-11(3)7-9-12/h6-9,13H,4-5,10H2,1-3H3. The maximum absolute atomic E-state index is 5.58. The Labute approximate surface area is 97.3 Å². The van der Waals surface area contributed by atoms with Gasteiger partial charge >= 0.3 is 0 Å². The monoisotopic (exact) mass is 224 g/mol. The first-order valence-corrected chi connectivity index (χ1v) is 5.69. The number of hydrogen-bond donors (Lipinski definition) is 0. The first kappa shape index (κ1) is 13.0. The first-order valence-electron chi connectivity index (χ1n) is 5.69. The molecule has 3 nitrogen and oxygen atoms in total. The Bertz CT molecular complexity index is 276. The average molecular weight is 224 g/mol. The van der Waals surface area contributed by atoms with Crippen molar-refractivity contribution in [2.45, 2.75) is 27.1 Å². The summed E-state index contributed by atoms with van der Waals surface area (Å²) in [6.45, 7) is 7.61. The van der Waals surface area contributed by atoms with Crippen molar-refractivity contribution in [3.05, 3.63) is 29.8 Å². The fourth-order valence-electron chi connectivity index (χ4n) is 1.31. The molecular formula is C13H20O3. The van der Waals surface area contributed by atoms with Crippen LogP contribution < -0.4 is 4.74 Å². The Morgan fingerprint density at radius 1 is 1.00 bits per heavy atom. The summed E-state index contributed by atoms with van der Waals surface area (Å²) in [7, 11) is 0. The fraction of sp³-hybridized carbons (Fsp3) is 0.538. The van der Waals surface area contributed by atoms with Crippen molar-refractivity contribution in [1.29, 1.82) is 0 Å². The van der Waals surface area contributed by atoms with Crippen molar-refractivity contribution in [3.63, 3.8) is 0 Å². The van der Waals surface area contributed by atoms with E-state index >= 15 is 0 Å². The van der Waals surface area contributed by atoms with Crippen LogP contribution in [0.15, 0.2) is 24.3 Å². The van der Waals surface area contributed by atoms with Crippen LogP contribution in [-0.4, -0.2) is 26.1 Å². The molecule has 1 aromatic rings. The highest BCUT2D eigenvalue weighted by Gasteiger charge is 2.08. The van der Waals surface area contributed by atoms with Gasteiger partial charge in [0.15, 0.2) is 6.29 Å². The minimum atomic E-state index is -0.281. The molecule has 0 aliphatic carbocycles. The van der Waals surface area contributed by atoms with Crippen molar-refractivity contribution in [2.24, 2.45) is 0 Å². The first-order chi connectivity index (χ1) is 7.76. The lowest BCUT2D eigenvalue weighted by atomic mass is 10.2. The summed E-state index contributed by atoms with van der Waals surface area (Å²) in [5.41, 5.74) is 1.22. The van der Waals surface area contributed by atoms with Crippen molar-refractivity contribution in [3.8, 4) is 5.75 Å². The van der Waals surface area contributed by atoms with Gasteiger partial charge in [0.2, 0.25) is 0 Å². The molecule has 90 valence electrons.